The highest BCUT2D eigenvalue weighted by molar-refractivity contribution is 7.22. The van der Waals surface area contributed by atoms with Crippen LogP contribution in [-0.4, -0.2) is 9.97 Å². The summed E-state index contributed by atoms with van der Waals surface area (Å²) < 4.78 is 1.10. The Morgan fingerprint density at radius 3 is 3.05 bits per heavy atom. The first-order chi connectivity index (χ1) is 9.26. The molecule has 0 saturated carbocycles. The number of aromatic nitrogens is 2. The molecule has 3 aromatic rings. The number of anilines is 1. The zero-order valence-electron chi connectivity index (χ0n) is 10.3. The molecule has 0 aliphatic heterocycles. The molecule has 19 heavy (non-hydrogen) atoms. The van der Waals surface area contributed by atoms with Gasteiger partial charge < -0.3 is 5.32 Å². The predicted molar refractivity (Wildman–Crippen MR) is 83.4 cm³/mol. The highest BCUT2D eigenvalue weighted by Crippen LogP contribution is 2.31. The first kappa shape index (κ1) is 12.8. The van der Waals surface area contributed by atoms with Crippen molar-refractivity contribution in [2.45, 2.75) is 19.4 Å². The van der Waals surface area contributed by atoms with E-state index in [4.69, 9.17) is 11.6 Å². The van der Waals surface area contributed by atoms with Gasteiger partial charge in [0.25, 0.3) is 0 Å². The summed E-state index contributed by atoms with van der Waals surface area (Å²) in [6, 6.07) is 5.98. The first-order valence-electron chi connectivity index (χ1n) is 5.98. The maximum atomic E-state index is 5.99. The molecule has 0 spiro atoms. The van der Waals surface area contributed by atoms with Crippen LogP contribution in [0.3, 0.4) is 0 Å². The summed E-state index contributed by atoms with van der Waals surface area (Å²) in [5.74, 6) is 0. The predicted octanol–water partition coefficient (Wildman–Crippen LogP) is 4.97. The fourth-order valence-electron chi connectivity index (χ4n) is 1.85. The Balaban J connectivity index is 1.88. The molecule has 0 saturated heterocycles. The molecule has 0 amide bonds. The summed E-state index contributed by atoms with van der Waals surface area (Å²) in [6.07, 6.45) is 2.81. The zero-order valence-corrected chi connectivity index (χ0v) is 12.6. The second-order valence-corrected chi connectivity index (χ2v) is 6.50. The maximum Gasteiger partial charge on any atom is 0.184 e. The molecule has 2 heterocycles. The largest absolute Gasteiger partial charge is 0.352 e. The molecule has 0 aliphatic carbocycles. The quantitative estimate of drug-likeness (QED) is 0.739. The smallest absolute Gasteiger partial charge is 0.184 e. The average Bonchev–Trinajstić information content (AvgIpc) is 3.04. The van der Waals surface area contributed by atoms with Gasteiger partial charge in [0.15, 0.2) is 5.13 Å². The number of benzene rings is 1. The van der Waals surface area contributed by atoms with Gasteiger partial charge in [-0.1, -0.05) is 29.9 Å². The third-order valence-electron chi connectivity index (χ3n) is 2.81. The lowest BCUT2D eigenvalue weighted by Crippen LogP contribution is -2.08. The number of hydrogen-bond acceptors (Lipinski definition) is 5. The Kier molecular flexibility index (Phi) is 3.68. The molecule has 0 radical (unpaired) electrons. The minimum atomic E-state index is 0.219. The van der Waals surface area contributed by atoms with E-state index in [0.717, 1.165) is 31.8 Å². The van der Waals surface area contributed by atoms with Gasteiger partial charge >= 0.3 is 0 Å². The summed E-state index contributed by atoms with van der Waals surface area (Å²) in [5.41, 5.74) is 0.978. The lowest BCUT2D eigenvalue weighted by Gasteiger charge is -2.12. The van der Waals surface area contributed by atoms with E-state index in [0.29, 0.717) is 0 Å². The highest BCUT2D eigenvalue weighted by Gasteiger charge is 2.14. The van der Waals surface area contributed by atoms with Crippen molar-refractivity contribution < 1.29 is 0 Å². The van der Waals surface area contributed by atoms with Gasteiger partial charge in [-0.15, -0.1) is 11.3 Å². The second-order valence-electron chi connectivity index (χ2n) is 4.11. The molecular weight excluding hydrogens is 298 g/mol. The number of halogens is 1. The summed E-state index contributed by atoms with van der Waals surface area (Å²) in [7, 11) is 0. The van der Waals surface area contributed by atoms with E-state index in [-0.39, 0.29) is 6.04 Å². The maximum absolute atomic E-state index is 5.99. The van der Waals surface area contributed by atoms with Gasteiger partial charge in [-0.3, -0.25) is 0 Å². The molecule has 0 bridgehead atoms. The Hall–Kier alpha value is -1.17. The highest BCUT2D eigenvalue weighted by atomic mass is 35.5. The lowest BCUT2D eigenvalue weighted by molar-refractivity contribution is 0.741. The van der Waals surface area contributed by atoms with Crippen molar-refractivity contribution in [2.24, 2.45) is 0 Å². The summed E-state index contributed by atoms with van der Waals surface area (Å²) in [5, 5.41) is 8.21. The van der Waals surface area contributed by atoms with Gasteiger partial charge in [0.05, 0.1) is 16.3 Å². The molecule has 6 heteroatoms. The Bertz CT molecular complexity index is 678. The van der Waals surface area contributed by atoms with Crippen molar-refractivity contribution in [1.82, 2.24) is 9.97 Å². The van der Waals surface area contributed by atoms with Crippen LogP contribution in [-0.2, 0) is 0 Å². The van der Waals surface area contributed by atoms with Crippen LogP contribution >= 0.6 is 34.3 Å². The van der Waals surface area contributed by atoms with Crippen LogP contribution < -0.4 is 5.32 Å². The standard InChI is InChI=1S/C13H12ClN3S2/c1-2-9(12-15-5-6-18-12)16-13-17-10-4-3-8(14)7-11(10)19-13/h3-7,9H,2H2,1H3,(H,16,17). The summed E-state index contributed by atoms with van der Waals surface area (Å²) in [6.45, 7) is 2.14. The zero-order chi connectivity index (χ0) is 13.2. The van der Waals surface area contributed by atoms with Crippen molar-refractivity contribution in [3.63, 3.8) is 0 Å². The second kappa shape index (κ2) is 5.45. The minimum absolute atomic E-state index is 0.219. The van der Waals surface area contributed by atoms with E-state index >= 15 is 0 Å². The normalized spacial score (nSPS) is 12.7. The SMILES string of the molecule is CCC(Nc1nc2ccc(Cl)cc2s1)c1nccs1. The van der Waals surface area contributed by atoms with E-state index in [9.17, 15) is 0 Å². The van der Waals surface area contributed by atoms with E-state index < -0.39 is 0 Å². The molecule has 2 aromatic heterocycles. The van der Waals surface area contributed by atoms with E-state index in [1.54, 1.807) is 22.7 Å². The van der Waals surface area contributed by atoms with Gasteiger partial charge in [-0.2, -0.15) is 0 Å². The van der Waals surface area contributed by atoms with Gasteiger partial charge in [-0.25, -0.2) is 9.97 Å². The fourth-order valence-corrected chi connectivity index (χ4v) is 3.82. The average molecular weight is 310 g/mol. The Morgan fingerprint density at radius 2 is 2.32 bits per heavy atom. The molecule has 3 rings (SSSR count). The summed E-state index contributed by atoms with van der Waals surface area (Å²) in [4.78, 5) is 8.94. The van der Waals surface area contributed by atoms with Crippen LogP contribution in [0.5, 0.6) is 0 Å². The van der Waals surface area contributed by atoms with Crippen LogP contribution in [0, 0.1) is 0 Å². The van der Waals surface area contributed by atoms with E-state index in [1.165, 1.54) is 0 Å². The van der Waals surface area contributed by atoms with Crippen molar-refractivity contribution in [3.05, 3.63) is 39.8 Å². The number of hydrogen-bond donors (Lipinski definition) is 1. The van der Waals surface area contributed by atoms with Gasteiger partial charge in [0.2, 0.25) is 0 Å². The van der Waals surface area contributed by atoms with Crippen molar-refractivity contribution >= 4 is 49.6 Å². The lowest BCUT2D eigenvalue weighted by atomic mass is 10.2. The van der Waals surface area contributed by atoms with Gasteiger partial charge in [0, 0.05) is 16.6 Å². The fraction of sp³-hybridized carbons (Fsp3) is 0.231. The van der Waals surface area contributed by atoms with Crippen molar-refractivity contribution in [2.75, 3.05) is 5.32 Å². The monoisotopic (exact) mass is 309 g/mol. The molecule has 3 nitrogen and oxygen atoms in total. The van der Waals surface area contributed by atoms with E-state index in [2.05, 4.69) is 22.2 Å². The number of thiazole rings is 2. The summed E-state index contributed by atoms with van der Waals surface area (Å²) >= 11 is 9.28. The van der Waals surface area contributed by atoms with E-state index in [1.807, 2.05) is 29.8 Å². The van der Waals surface area contributed by atoms with Crippen LogP contribution in [0.4, 0.5) is 5.13 Å². The Morgan fingerprint density at radius 1 is 1.42 bits per heavy atom. The van der Waals surface area contributed by atoms with Crippen LogP contribution in [0.25, 0.3) is 10.2 Å². The third kappa shape index (κ3) is 2.73. The number of rotatable bonds is 4. The van der Waals surface area contributed by atoms with Gasteiger partial charge in [0.1, 0.15) is 5.01 Å². The van der Waals surface area contributed by atoms with Crippen molar-refractivity contribution in [1.29, 1.82) is 0 Å². The van der Waals surface area contributed by atoms with Crippen LogP contribution in [0.2, 0.25) is 5.02 Å². The number of fused-ring (bicyclic) bond motifs is 1. The molecule has 0 aliphatic rings. The minimum Gasteiger partial charge on any atom is -0.352 e. The molecule has 98 valence electrons. The topological polar surface area (TPSA) is 37.8 Å². The molecule has 1 N–H and O–H groups in total. The first-order valence-corrected chi connectivity index (χ1v) is 8.05. The molecule has 1 unspecified atom stereocenters. The molecule has 1 aromatic carbocycles. The van der Waals surface area contributed by atoms with Gasteiger partial charge in [-0.05, 0) is 24.6 Å². The third-order valence-corrected chi connectivity index (χ3v) is 4.88. The molecular formula is C13H12ClN3S2. The number of nitrogens with zero attached hydrogens (tertiary/aromatic N) is 2. The van der Waals surface area contributed by atoms with Crippen molar-refractivity contribution in [3.8, 4) is 0 Å². The van der Waals surface area contributed by atoms with Crippen LogP contribution in [0.1, 0.15) is 24.4 Å². The molecule has 0 fully saturated rings. The Labute approximate surface area is 124 Å². The number of nitrogens with one attached hydrogen (secondary N) is 1. The molecule has 1 atom stereocenters. The van der Waals surface area contributed by atoms with Crippen LogP contribution in [0.15, 0.2) is 29.8 Å².